The van der Waals surface area contributed by atoms with Crippen molar-refractivity contribution in [2.75, 3.05) is 13.7 Å². The van der Waals surface area contributed by atoms with E-state index >= 15 is 0 Å². The summed E-state index contributed by atoms with van der Waals surface area (Å²) in [5.74, 6) is -4.10. The lowest BCUT2D eigenvalue weighted by molar-refractivity contribution is -0.142. The molecule has 0 spiro atoms. The second kappa shape index (κ2) is 16.3. The molecule has 1 saturated heterocycles. The van der Waals surface area contributed by atoms with E-state index < -0.39 is 92.5 Å². The Morgan fingerprint density at radius 3 is 2.56 bits per heavy atom. The summed E-state index contributed by atoms with van der Waals surface area (Å²) in [5.41, 5.74) is -3.81. The first-order chi connectivity index (χ1) is 26.9. The van der Waals surface area contributed by atoms with Crippen molar-refractivity contribution in [1.82, 2.24) is 25.2 Å². The van der Waals surface area contributed by atoms with Gasteiger partial charge >= 0.3 is 6.09 Å². The van der Waals surface area contributed by atoms with E-state index in [1.807, 2.05) is 19.9 Å². The molecule has 0 bridgehead atoms. The first-order valence-electron chi connectivity index (χ1n) is 19.3. The van der Waals surface area contributed by atoms with E-state index in [1.54, 1.807) is 12.1 Å². The summed E-state index contributed by atoms with van der Waals surface area (Å²) >= 11 is 0. The number of nitrogens with zero attached hydrogens (tertiary/aromatic N) is 2. The van der Waals surface area contributed by atoms with Crippen molar-refractivity contribution < 1.29 is 55.0 Å². The summed E-state index contributed by atoms with van der Waals surface area (Å²) in [6.45, 7) is 5.67. The normalized spacial score (nSPS) is 29.0. The van der Waals surface area contributed by atoms with Gasteiger partial charge in [-0.15, -0.1) is 0 Å². The average Bonchev–Trinajstić information content (AvgIpc) is 4.07. The number of halogens is 3. The summed E-state index contributed by atoms with van der Waals surface area (Å²) in [7, 11) is -2.65. The predicted octanol–water partition coefficient (Wildman–Crippen LogP) is 4.76. The Morgan fingerprint density at radius 1 is 1.16 bits per heavy atom. The van der Waals surface area contributed by atoms with Crippen LogP contribution >= 0.6 is 0 Å². The molecule has 2 saturated carbocycles. The zero-order valence-electron chi connectivity index (χ0n) is 32.6. The molecule has 4 amide bonds. The molecule has 0 radical (unpaired) electrons. The maximum Gasteiger partial charge on any atom is 0.408 e. The quantitative estimate of drug-likeness (QED) is 0.283. The largest absolute Gasteiger partial charge is 0.494 e. The molecule has 2 aliphatic heterocycles. The van der Waals surface area contributed by atoms with E-state index in [-0.39, 0.29) is 36.9 Å². The van der Waals surface area contributed by atoms with Crippen molar-refractivity contribution in [3.63, 3.8) is 0 Å². The third-order valence-corrected chi connectivity index (χ3v) is 13.2. The summed E-state index contributed by atoms with van der Waals surface area (Å²) in [6.07, 6.45) is 2.76. The van der Waals surface area contributed by atoms with Crippen LogP contribution in [0.4, 0.5) is 18.0 Å². The van der Waals surface area contributed by atoms with Crippen LogP contribution in [0, 0.1) is 23.6 Å². The molecule has 1 aromatic heterocycles. The van der Waals surface area contributed by atoms with Gasteiger partial charge in [0, 0.05) is 23.9 Å². The molecule has 312 valence electrons. The van der Waals surface area contributed by atoms with Crippen molar-refractivity contribution in [3.8, 4) is 11.6 Å². The SMILES string of the molecule is CC[C@@H]1C[C@H](C)CC/C=C\[C@@H]2C[C@@]2(C(=O)NS(=O)(=O)C2CC2)NC(=O)[C@@H]2C[C@@H](Oc3nccc4cc(OC)c(F)cc34)CN2C(=O)[C@H]1NC(=O)OC(C)(C)C(F)F. The molecule has 0 unspecified atom stereocenters. The molecular formula is C39H50F3N5O9S. The number of sulfonamides is 1. The van der Waals surface area contributed by atoms with Gasteiger partial charge in [0.15, 0.2) is 17.2 Å². The zero-order valence-corrected chi connectivity index (χ0v) is 33.4. The molecule has 2 aromatic rings. The monoisotopic (exact) mass is 821 g/mol. The van der Waals surface area contributed by atoms with Gasteiger partial charge in [0.25, 0.3) is 12.3 Å². The number of allylic oxidation sites excluding steroid dienone is 1. The van der Waals surface area contributed by atoms with Crippen LogP contribution < -0.4 is 24.8 Å². The van der Waals surface area contributed by atoms with Gasteiger partial charge in [0.2, 0.25) is 27.7 Å². The summed E-state index contributed by atoms with van der Waals surface area (Å²) < 4.78 is 86.8. The number of methoxy groups -OCH3 is 1. The molecule has 3 fully saturated rings. The maximum atomic E-state index is 14.9. The van der Waals surface area contributed by atoms with Gasteiger partial charge in [0.05, 0.1) is 18.9 Å². The van der Waals surface area contributed by atoms with E-state index in [4.69, 9.17) is 14.2 Å². The highest BCUT2D eigenvalue weighted by Gasteiger charge is 2.62. The van der Waals surface area contributed by atoms with E-state index in [0.29, 0.717) is 49.3 Å². The number of carbonyl (C=O) groups excluding carboxylic acids is 4. The van der Waals surface area contributed by atoms with E-state index in [1.165, 1.54) is 30.3 Å². The third-order valence-electron chi connectivity index (χ3n) is 11.4. The van der Waals surface area contributed by atoms with Gasteiger partial charge in [-0.2, -0.15) is 0 Å². The number of alkyl carbamates (subject to hydrolysis) is 1. The lowest BCUT2D eigenvalue weighted by Gasteiger charge is -2.34. The number of amides is 4. The van der Waals surface area contributed by atoms with E-state index in [2.05, 4.69) is 20.3 Å². The fourth-order valence-corrected chi connectivity index (χ4v) is 9.08. The lowest BCUT2D eigenvalue weighted by Crippen LogP contribution is -2.59. The molecule has 7 atom stereocenters. The Bertz CT molecular complexity index is 2030. The molecule has 3 N–H and O–H groups in total. The Kier molecular flexibility index (Phi) is 12.0. The van der Waals surface area contributed by atoms with Gasteiger partial charge < -0.3 is 29.7 Å². The molecule has 3 heterocycles. The van der Waals surface area contributed by atoms with E-state index in [0.717, 1.165) is 13.8 Å². The number of carbonyl (C=O) groups is 4. The Hall–Kier alpha value is -4.61. The van der Waals surface area contributed by atoms with Crippen LogP contribution in [0.2, 0.25) is 0 Å². The van der Waals surface area contributed by atoms with Crippen LogP contribution in [0.5, 0.6) is 11.6 Å². The number of hydrogen-bond acceptors (Lipinski definition) is 10. The molecule has 1 aromatic carbocycles. The van der Waals surface area contributed by atoms with Crippen LogP contribution in [-0.4, -0.2) is 96.8 Å². The maximum absolute atomic E-state index is 14.9. The lowest BCUT2D eigenvalue weighted by atomic mass is 9.85. The van der Waals surface area contributed by atoms with Crippen LogP contribution in [-0.2, 0) is 29.1 Å². The van der Waals surface area contributed by atoms with Gasteiger partial charge in [-0.1, -0.05) is 32.4 Å². The third kappa shape index (κ3) is 9.10. The molecular weight excluding hydrogens is 772 g/mol. The highest BCUT2D eigenvalue weighted by molar-refractivity contribution is 7.91. The fraction of sp³-hybridized carbons (Fsp3) is 0.615. The van der Waals surface area contributed by atoms with Crippen molar-refractivity contribution in [3.05, 3.63) is 42.4 Å². The Labute approximate surface area is 329 Å². The topological polar surface area (TPSA) is 182 Å². The first-order valence-corrected chi connectivity index (χ1v) is 20.9. The zero-order chi connectivity index (χ0) is 41.4. The van der Waals surface area contributed by atoms with Crippen LogP contribution in [0.25, 0.3) is 10.8 Å². The number of alkyl halides is 2. The predicted molar refractivity (Wildman–Crippen MR) is 201 cm³/mol. The van der Waals surface area contributed by atoms with Gasteiger partial charge in [0.1, 0.15) is 23.7 Å². The summed E-state index contributed by atoms with van der Waals surface area (Å²) in [6, 6.07) is 1.65. The number of ether oxygens (including phenoxy) is 3. The molecule has 18 heteroatoms. The minimum atomic E-state index is -3.98. The highest BCUT2D eigenvalue weighted by atomic mass is 32.2. The molecule has 6 rings (SSSR count). The van der Waals surface area contributed by atoms with Crippen molar-refractivity contribution in [2.45, 2.75) is 120 Å². The van der Waals surface area contributed by atoms with Crippen LogP contribution in [0.15, 0.2) is 36.5 Å². The second-order valence-corrected chi connectivity index (χ2v) is 18.1. The van der Waals surface area contributed by atoms with E-state index in [9.17, 15) is 40.8 Å². The fourth-order valence-electron chi connectivity index (χ4n) is 7.71. The Morgan fingerprint density at radius 2 is 1.89 bits per heavy atom. The summed E-state index contributed by atoms with van der Waals surface area (Å²) in [4.78, 5) is 61.8. The molecule has 4 aliphatic rings. The van der Waals surface area contributed by atoms with Crippen LogP contribution in [0.1, 0.15) is 79.1 Å². The Balaban J connectivity index is 1.37. The molecule has 14 nitrogen and oxygen atoms in total. The minimum absolute atomic E-state index is 0.00129. The van der Waals surface area contributed by atoms with Crippen molar-refractivity contribution >= 4 is 44.6 Å². The van der Waals surface area contributed by atoms with Gasteiger partial charge in [-0.3, -0.25) is 19.1 Å². The van der Waals surface area contributed by atoms with Gasteiger partial charge in [-0.05, 0) is 87.8 Å². The number of benzene rings is 1. The van der Waals surface area contributed by atoms with Crippen LogP contribution in [0.3, 0.4) is 0 Å². The standard InChI is InChI=1S/C39H50F3N5O9S/c1-6-22-15-21(2)9-7-8-10-24-19-39(24,36(50)46-57(52,53)26-11-12-26)45-32(48)29-17-25(55-33-27-18-28(40)30(54-5)16-23(27)13-14-43-33)20-47(29)34(49)31(22)44-37(51)56-38(3,4)35(41)42/h8,10,13-14,16,18,21-22,24-26,29,31,35H,6-7,9,11-12,15,17,19-20H2,1-5H3,(H,44,51)(H,45,48)(H,46,50)/b10-8-/t21-,22-,24-,25-,29+,31+,39-/m1/s1. The number of fused-ring (bicyclic) bond motifs is 3. The highest BCUT2D eigenvalue weighted by Crippen LogP contribution is 2.46. The van der Waals surface area contributed by atoms with Crippen molar-refractivity contribution in [2.24, 2.45) is 17.8 Å². The minimum Gasteiger partial charge on any atom is -0.494 e. The summed E-state index contributed by atoms with van der Waals surface area (Å²) in [5, 5.41) is 5.46. The number of hydrogen-bond donors (Lipinski definition) is 3. The number of aromatic nitrogens is 1. The number of nitrogens with one attached hydrogen (secondary N) is 3. The molecule has 2 aliphatic carbocycles. The first kappa shape index (κ1) is 42.0. The molecule has 57 heavy (non-hydrogen) atoms. The number of rotatable bonds is 10. The smallest absolute Gasteiger partial charge is 0.408 e. The second-order valence-electron chi connectivity index (χ2n) is 16.2. The van der Waals surface area contributed by atoms with Crippen molar-refractivity contribution in [1.29, 1.82) is 0 Å². The van der Waals surface area contributed by atoms with Gasteiger partial charge in [-0.25, -0.2) is 31.4 Å². The number of pyridine rings is 1. The average molecular weight is 822 g/mol.